The third-order valence-corrected chi connectivity index (χ3v) is 4.96. The molecule has 0 aromatic rings. The largest absolute Gasteiger partial charge is 0.335 e. The van der Waals surface area contributed by atoms with E-state index in [1.165, 1.54) is 31.3 Å². The first-order valence-corrected chi connectivity index (χ1v) is 6.64. The predicted molar refractivity (Wildman–Crippen MR) is 63.9 cm³/mol. The van der Waals surface area contributed by atoms with Gasteiger partial charge in [-0.25, -0.2) is 0 Å². The summed E-state index contributed by atoms with van der Waals surface area (Å²) in [6, 6.07) is 0.535. The molecule has 88 valence electrons. The molecular formula is C14H21NO. The van der Waals surface area contributed by atoms with Gasteiger partial charge in [-0.2, -0.15) is 0 Å². The highest BCUT2D eigenvalue weighted by atomic mass is 16.2. The number of nitrogens with zero attached hydrogens (tertiary/aromatic N) is 1. The molecule has 1 unspecified atom stereocenters. The smallest absolute Gasteiger partial charge is 0.249 e. The van der Waals surface area contributed by atoms with Crippen LogP contribution in [-0.2, 0) is 4.79 Å². The van der Waals surface area contributed by atoms with Crippen molar-refractivity contribution in [2.45, 2.75) is 52.0 Å². The molecule has 0 radical (unpaired) electrons. The Morgan fingerprint density at radius 1 is 1.25 bits per heavy atom. The minimum atomic E-state index is 0.324. The summed E-state index contributed by atoms with van der Waals surface area (Å²) in [6.07, 6.45) is 6.58. The van der Waals surface area contributed by atoms with Crippen LogP contribution in [0.2, 0.25) is 0 Å². The quantitative estimate of drug-likeness (QED) is 0.613. The average molecular weight is 219 g/mol. The van der Waals surface area contributed by atoms with E-state index in [0.717, 1.165) is 30.4 Å². The molecule has 16 heavy (non-hydrogen) atoms. The third kappa shape index (κ3) is 1.42. The van der Waals surface area contributed by atoms with Crippen LogP contribution in [0.4, 0.5) is 0 Å². The van der Waals surface area contributed by atoms with Crippen LogP contribution in [0.5, 0.6) is 0 Å². The predicted octanol–water partition coefficient (Wildman–Crippen LogP) is 2.74. The van der Waals surface area contributed by atoms with E-state index < -0.39 is 0 Å². The van der Waals surface area contributed by atoms with Crippen LogP contribution in [0.15, 0.2) is 11.1 Å². The van der Waals surface area contributed by atoms with Crippen molar-refractivity contribution in [3.63, 3.8) is 0 Å². The number of hydrogen-bond acceptors (Lipinski definition) is 1. The van der Waals surface area contributed by atoms with Gasteiger partial charge in [0.25, 0.3) is 0 Å². The van der Waals surface area contributed by atoms with Gasteiger partial charge in [-0.3, -0.25) is 4.79 Å². The second-order valence-corrected chi connectivity index (χ2v) is 5.93. The van der Waals surface area contributed by atoms with Gasteiger partial charge in [-0.15, -0.1) is 0 Å². The summed E-state index contributed by atoms with van der Waals surface area (Å²) in [5, 5.41) is 0. The van der Waals surface area contributed by atoms with Crippen molar-refractivity contribution in [1.29, 1.82) is 0 Å². The topological polar surface area (TPSA) is 20.3 Å². The highest BCUT2D eigenvalue weighted by Crippen LogP contribution is 2.42. The molecule has 0 spiro atoms. The van der Waals surface area contributed by atoms with Gasteiger partial charge >= 0.3 is 0 Å². The second-order valence-electron chi connectivity index (χ2n) is 5.93. The van der Waals surface area contributed by atoms with Crippen LogP contribution >= 0.6 is 0 Å². The lowest BCUT2D eigenvalue weighted by Crippen LogP contribution is -2.55. The molecule has 0 N–H and O–H groups in total. The van der Waals surface area contributed by atoms with E-state index in [1.807, 2.05) is 6.92 Å². The lowest BCUT2D eigenvalue weighted by atomic mass is 9.70. The number of piperidine rings is 1. The minimum absolute atomic E-state index is 0.324. The number of amides is 1. The lowest BCUT2D eigenvalue weighted by molar-refractivity contribution is -0.136. The normalized spacial score (nSPS) is 38.8. The van der Waals surface area contributed by atoms with Gasteiger partial charge in [-0.1, -0.05) is 12.0 Å². The fourth-order valence-corrected chi connectivity index (χ4v) is 3.89. The van der Waals surface area contributed by atoms with E-state index in [2.05, 4.69) is 11.8 Å². The summed E-state index contributed by atoms with van der Waals surface area (Å²) in [5.41, 5.74) is 2.34. The fourth-order valence-electron chi connectivity index (χ4n) is 3.89. The van der Waals surface area contributed by atoms with Crippen LogP contribution in [0.3, 0.4) is 0 Å². The van der Waals surface area contributed by atoms with Crippen LogP contribution in [-0.4, -0.2) is 23.4 Å². The van der Waals surface area contributed by atoms with Crippen molar-refractivity contribution < 1.29 is 4.79 Å². The zero-order chi connectivity index (χ0) is 11.3. The summed E-state index contributed by atoms with van der Waals surface area (Å²) >= 11 is 0. The molecule has 1 saturated heterocycles. The van der Waals surface area contributed by atoms with E-state index >= 15 is 0 Å². The highest BCUT2D eigenvalue weighted by Gasteiger charge is 2.42. The molecule has 0 aromatic heterocycles. The number of hydrogen-bond donors (Lipinski definition) is 0. The highest BCUT2D eigenvalue weighted by molar-refractivity contribution is 5.94. The van der Waals surface area contributed by atoms with E-state index in [0.29, 0.717) is 11.9 Å². The standard InChI is InChI=1S/C14H21NO/c1-9-6-13-12-5-3-4-11(7-12)8-15(13)14(16)10(9)2/h11-13H,3-8H2,1-2H3/t11?,12-,13+/m1/s1. The van der Waals surface area contributed by atoms with E-state index in [9.17, 15) is 4.79 Å². The number of rotatable bonds is 0. The molecular weight excluding hydrogens is 198 g/mol. The lowest BCUT2D eigenvalue weighted by Gasteiger charge is -2.50. The van der Waals surface area contributed by atoms with Crippen molar-refractivity contribution in [2.75, 3.05) is 6.54 Å². The average Bonchev–Trinajstić information content (AvgIpc) is 2.29. The summed E-state index contributed by atoms with van der Waals surface area (Å²) < 4.78 is 0. The number of fused-ring (bicyclic) bond motifs is 4. The fraction of sp³-hybridized carbons (Fsp3) is 0.786. The third-order valence-electron chi connectivity index (χ3n) is 4.96. The Morgan fingerprint density at radius 2 is 2.06 bits per heavy atom. The maximum atomic E-state index is 12.3. The Kier molecular flexibility index (Phi) is 2.34. The molecule has 2 nitrogen and oxygen atoms in total. The van der Waals surface area contributed by atoms with Gasteiger partial charge in [0.05, 0.1) is 0 Å². The van der Waals surface area contributed by atoms with E-state index in [1.54, 1.807) is 0 Å². The van der Waals surface area contributed by atoms with Gasteiger partial charge in [-0.05, 0) is 51.4 Å². The van der Waals surface area contributed by atoms with Crippen molar-refractivity contribution in [3.05, 3.63) is 11.1 Å². The van der Waals surface area contributed by atoms with Crippen molar-refractivity contribution in [1.82, 2.24) is 4.90 Å². The first-order chi connectivity index (χ1) is 7.66. The van der Waals surface area contributed by atoms with E-state index in [4.69, 9.17) is 0 Å². The molecule has 1 amide bonds. The van der Waals surface area contributed by atoms with E-state index in [-0.39, 0.29) is 0 Å². The maximum Gasteiger partial charge on any atom is 0.249 e. The van der Waals surface area contributed by atoms with Crippen molar-refractivity contribution in [3.8, 4) is 0 Å². The molecule has 2 fully saturated rings. The Bertz CT molecular complexity index is 358. The molecule has 1 aliphatic carbocycles. The summed E-state index contributed by atoms with van der Waals surface area (Å²) in [7, 11) is 0. The monoisotopic (exact) mass is 219 g/mol. The molecule has 0 aromatic carbocycles. The van der Waals surface area contributed by atoms with Crippen molar-refractivity contribution in [2.24, 2.45) is 11.8 Å². The van der Waals surface area contributed by atoms with Crippen molar-refractivity contribution >= 4 is 5.91 Å². The second kappa shape index (κ2) is 3.61. The molecule has 3 rings (SSSR count). The van der Waals surface area contributed by atoms with Crippen LogP contribution in [0.25, 0.3) is 0 Å². The molecule has 2 aliphatic heterocycles. The summed E-state index contributed by atoms with van der Waals surface area (Å²) in [4.78, 5) is 14.5. The molecule has 3 aliphatic rings. The van der Waals surface area contributed by atoms with Crippen LogP contribution in [0, 0.1) is 11.8 Å². The zero-order valence-electron chi connectivity index (χ0n) is 10.3. The number of carbonyl (C=O) groups is 1. The van der Waals surface area contributed by atoms with Crippen LogP contribution in [0.1, 0.15) is 46.0 Å². The first-order valence-electron chi connectivity index (χ1n) is 6.64. The maximum absolute atomic E-state index is 12.3. The SMILES string of the molecule is CC1=C(C)C(=O)N2CC3CCC[C@H](C3)[C@@H]2C1. The summed E-state index contributed by atoms with van der Waals surface area (Å²) in [5.74, 6) is 1.91. The first kappa shape index (κ1) is 10.4. The minimum Gasteiger partial charge on any atom is -0.335 e. The summed E-state index contributed by atoms with van der Waals surface area (Å²) in [6.45, 7) is 5.17. The Hall–Kier alpha value is -0.790. The molecule has 2 heteroatoms. The van der Waals surface area contributed by atoms with Crippen LogP contribution < -0.4 is 0 Å². The van der Waals surface area contributed by atoms with Gasteiger partial charge in [0.1, 0.15) is 0 Å². The number of carbonyl (C=O) groups excluding carboxylic acids is 1. The van der Waals surface area contributed by atoms with Gasteiger partial charge in [0, 0.05) is 18.2 Å². The Balaban J connectivity index is 1.92. The Morgan fingerprint density at radius 3 is 2.88 bits per heavy atom. The molecule has 3 atom stereocenters. The van der Waals surface area contributed by atoms with Gasteiger partial charge in [0.2, 0.25) is 5.91 Å². The molecule has 1 saturated carbocycles. The van der Waals surface area contributed by atoms with Gasteiger partial charge in [0.15, 0.2) is 0 Å². The molecule has 2 heterocycles. The Labute approximate surface area is 97.7 Å². The van der Waals surface area contributed by atoms with Gasteiger partial charge < -0.3 is 4.90 Å². The molecule has 2 bridgehead atoms. The zero-order valence-corrected chi connectivity index (χ0v) is 10.3.